The van der Waals surface area contributed by atoms with E-state index in [9.17, 15) is 0 Å². The van der Waals surface area contributed by atoms with Crippen molar-refractivity contribution < 1.29 is 0 Å². The van der Waals surface area contributed by atoms with Gasteiger partial charge in [0.1, 0.15) is 0 Å². The van der Waals surface area contributed by atoms with Crippen LogP contribution in [-0.2, 0) is 6.42 Å². The van der Waals surface area contributed by atoms with Crippen LogP contribution in [0.2, 0.25) is 0 Å². The second-order valence-electron chi connectivity index (χ2n) is 3.52. The minimum Gasteiger partial charge on any atom is -0.0654 e. The third-order valence-electron chi connectivity index (χ3n) is 2.39. The summed E-state index contributed by atoms with van der Waals surface area (Å²) in [5.41, 5.74) is 4.30. The normalized spacial score (nSPS) is 10.2. The fourth-order valence-corrected chi connectivity index (χ4v) is 1.34. The van der Waals surface area contributed by atoms with E-state index in [2.05, 4.69) is 39.0 Å². The van der Waals surface area contributed by atoms with Crippen molar-refractivity contribution in [1.82, 2.24) is 0 Å². The molecule has 0 heterocycles. The minimum atomic E-state index is 1.23. The first-order valence-corrected chi connectivity index (χ1v) is 4.80. The van der Waals surface area contributed by atoms with E-state index in [1.807, 2.05) is 0 Å². The zero-order valence-corrected chi connectivity index (χ0v) is 8.35. The van der Waals surface area contributed by atoms with Crippen molar-refractivity contribution >= 4 is 0 Å². The number of aryl methyl sites for hydroxylation is 3. The summed E-state index contributed by atoms with van der Waals surface area (Å²) in [6.45, 7) is 6.59. The van der Waals surface area contributed by atoms with Gasteiger partial charge in [-0.25, -0.2) is 0 Å². The molecular formula is C12H18. The molecule has 1 aromatic rings. The van der Waals surface area contributed by atoms with Crippen LogP contribution in [0.4, 0.5) is 0 Å². The number of rotatable bonds is 3. The van der Waals surface area contributed by atoms with E-state index in [1.54, 1.807) is 0 Å². The molecule has 0 aliphatic rings. The van der Waals surface area contributed by atoms with Crippen molar-refractivity contribution in [3.05, 3.63) is 34.9 Å². The monoisotopic (exact) mass is 162 g/mol. The summed E-state index contributed by atoms with van der Waals surface area (Å²) in [7, 11) is 0. The van der Waals surface area contributed by atoms with Crippen molar-refractivity contribution in [3.8, 4) is 0 Å². The molecule has 0 unspecified atom stereocenters. The van der Waals surface area contributed by atoms with E-state index < -0.39 is 0 Å². The van der Waals surface area contributed by atoms with Crippen LogP contribution in [0.3, 0.4) is 0 Å². The van der Waals surface area contributed by atoms with E-state index in [4.69, 9.17) is 0 Å². The van der Waals surface area contributed by atoms with Gasteiger partial charge in [-0.2, -0.15) is 0 Å². The predicted octanol–water partition coefficient (Wildman–Crippen LogP) is 3.65. The van der Waals surface area contributed by atoms with E-state index in [-0.39, 0.29) is 0 Å². The molecule has 0 fully saturated rings. The zero-order chi connectivity index (χ0) is 8.97. The van der Waals surface area contributed by atoms with Crippen molar-refractivity contribution in [2.75, 3.05) is 0 Å². The Bertz CT molecular complexity index is 248. The smallest absolute Gasteiger partial charge is 0.0279 e. The summed E-state index contributed by atoms with van der Waals surface area (Å²) in [5, 5.41) is 0. The van der Waals surface area contributed by atoms with Gasteiger partial charge in [0.15, 0.2) is 0 Å². The lowest BCUT2D eigenvalue weighted by atomic mass is 10.0. The van der Waals surface area contributed by atoms with Crippen LogP contribution in [0.15, 0.2) is 18.2 Å². The second-order valence-corrected chi connectivity index (χ2v) is 3.52. The third kappa shape index (κ3) is 2.37. The fraction of sp³-hybridized carbons (Fsp3) is 0.500. The largest absolute Gasteiger partial charge is 0.0654 e. The maximum atomic E-state index is 2.31. The van der Waals surface area contributed by atoms with Gasteiger partial charge in [-0.15, -0.1) is 0 Å². The Morgan fingerprint density at radius 1 is 1.08 bits per heavy atom. The molecule has 0 aliphatic carbocycles. The molecule has 0 atom stereocenters. The Morgan fingerprint density at radius 3 is 2.42 bits per heavy atom. The fourth-order valence-electron chi connectivity index (χ4n) is 1.34. The summed E-state index contributed by atoms with van der Waals surface area (Å²) in [6.07, 6.45) is 3.83. The molecule has 0 aliphatic heterocycles. The Balaban J connectivity index is 2.69. The number of hydrogen-bond acceptors (Lipinski definition) is 0. The van der Waals surface area contributed by atoms with E-state index in [0.717, 1.165) is 0 Å². The molecule has 12 heavy (non-hydrogen) atoms. The Morgan fingerprint density at radius 2 is 1.83 bits per heavy atom. The molecule has 0 saturated carbocycles. The Hall–Kier alpha value is -0.780. The Labute approximate surface area is 75.6 Å². The van der Waals surface area contributed by atoms with E-state index in [0.29, 0.717) is 0 Å². The maximum Gasteiger partial charge on any atom is -0.0279 e. The van der Waals surface area contributed by atoms with E-state index >= 15 is 0 Å². The molecule has 1 rings (SSSR count). The number of hydrogen-bond donors (Lipinski definition) is 0. The van der Waals surface area contributed by atoms with Crippen LogP contribution < -0.4 is 0 Å². The lowest BCUT2D eigenvalue weighted by molar-refractivity contribution is 0.794. The van der Waals surface area contributed by atoms with Gasteiger partial charge in [0.05, 0.1) is 0 Å². The zero-order valence-electron chi connectivity index (χ0n) is 8.35. The quantitative estimate of drug-likeness (QED) is 0.636. The standard InChI is InChI=1S/C12H18/c1-4-5-6-12-8-7-10(2)11(3)9-12/h7-9H,4-6H2,1-3H3. The lowest BCUT2D eigenvalue weighted by Crippen LogP contribution is -1.87. The van der Waals surface area contributed by atoms with Gasteiger partial charge in [-0.1, -0.05) is 31.5 Å². The van der Waals surface area contributed by atoms with Crippen LogP contribution in [0.5, 0.6) is 0 Å². The molecule has 0 spiro atoms. The summed E-state index contributed by atoms with van der Waals surface area (Å²) >= 11 is 0. The third-order valence-corrected chi connectivity index (χ3v) is 2.39. The van der Waals surface area contributed by atoms with Crippen molar-refractivity contribution in [3.63, 3.8) is 0 Å². The highest BCUT2D eigenvalue weighted by Crippen LogP contribution is 2.11. The molecule has 1 aromatic carbocycles. The van der Waals surface area contributed by atoms with Crippen LogP contribution >= 0.6 is 0 Å². The molecule has 66 valence electrons. The van der Waals surface area contributed by atoms with Gasteiger partial charge in [0.25, 0.3) is 0 Å². The van der Waals surface area contributed by atoms with Gasteiger partial charge in [-0.05, 0) is 43.4 Å². The highest BCUT2D eigenvalue weighted by atomic mass is 14.0. The molecule has 0 aromatic heterocycles. The van der Waals surface area contributed by atoms with Crippen LogP contribution in [0.1, 0.15) is 36.5 Å². The summed E-state index contributed by atoms with van der Waals surface area (Å²) < 4.78 is 0. The molecule has 0 radical (unpaired) electrons. The maximum absolute atomic E-state index is 2.31. The molecule has 0 N–H and O–H groups in total. The number of unbranched alkanes of at least 4 members (excludes halogenated alkanes) is 1. The highest BCUT2D eigenvalue weighted by Gasteiger charge is 1.95. The highest BCUT2D eigenvalue weighted by molar-refractivity contribution is 5.29. The topological polar surface area (TPSA) is 0 Å². The summed E-state index contributed by atoms with van der Waals surface area (Å²) in [5.74, 6) is 0. The van der Waals surface area contributed by atoms with Gasteiger partial charge in [-0.3, -0.25) is 0 Å². The van der Waals surface area contributed by atoms with Gasteiger partial charge in [0.2, 0.25) is 0 Å². The average molecular weight is 162 g/mol. The van der Waals surface area contributed by atoms with Gasteiger partial charge < -0.3 is 0 Å². The minimum absolute atomic E-state index is 1.23. The van der Waals surface area contributed by atoms with Crippen LogP contribution in [0.25, 0.3) is 0 Å². The summed E-state index contributed by atoms with van der Waals surface area (Å²) in [4.78, 5) is 0. The van der Waals surface area contributed by atoms with Gasteiger partial charge >= 0.3 is 0 Å². The van der Waals surface area contributed by atoms with E-state index in [1.165, 1.54) is 36.0 Å². The first-order valence-electron chi connectivity index (χ1n) is 4.80. The first kappa shape index (κ1) is 9.31. The average Bonchev–Trinajstić information content (AvgIpc) is 2.07. The van der Waals surface area contributed by atoms with Crippen LogP contribution in [0, 0.1) is 13.8 Å². The first-order chi connectivity index (χ1) is 5.74. The van der Waals surface area contributed by atoms with Crippen molar-refractivity contribution in [2.45, 2.75) is 40.0 Å². The van der Waals surface area contributed by atoms with Crippen LogP contribution in [-0.4, -0.2) is 0 Å². The molecular weight excluding hydrogens is 144 g/mol. The molecule has 0 amide bonds. The SMILES string of the molecule is CCCCc1ccc(C)c(C)c1. The molecule has 0 bridgehead atoms. The molecule has 0 heteroatoms. The molecule has 0 saturated heterocycles. The second kappa shape index (κ2) is 4.30. The number of benzene rings is 1. The molecule has 0 nitrogen and oxygen atoms in total. The summed E-state index contributed by atoms with van der Waals surface area (Å²) in [6, 6.07) is 6.78. The lowest BCUT2D eigenvalue weighted by Gasteiger charge is -2.03. The van der Waals surface area contributed by atoms with Crippen molar-refractivity contribution in [1.29, 1.82) is 0 Å². The van der Waals surface area contributed by atoms with Gasteiger partial charge in [0, 0.05) is 0 Å². The predicted molar refractivity (Wildman–Crippen MR) is 54.5 cm³/mol. The van der Waals surface area contributed by atoms with Crippen molar-refractivity contribution in [2.24, 2.45) is 0 Å². The Kier molecular flexibility index (Phi) is 3.33.